The van der Waals surface area contributed by atoms with Gasteiger partial charge in [-0.2, -0.15) is 0 Å². The van der Waals surface area contributed by atoms with Crippen molar-refractivity contribution < 1.29 is 18.7 Å². The molecule has 4 nitrogen and oxygen atoms in total. The number of fused-ring (bicyclic) bond motifs is 1. The Morgan fingerprint density at radius 2 is 1.96 bits per heavy atom. The van der Waals surface area contributed by atoms with Gasteiger partial charge in [-0.1, -0.05) is 31.2 Å². The van der Waals surface area contributed by atoms with E-state index in [1.807, 2.05) is 24.3 Å². The van der Waals surface area contributed by atoms with E-state index in [1.54, 1.807) is 28.8 Å². The van der Waals surface area contributed by atoms with Gasteiger partial charge in [0.2, 0.25) is 0 Å². The van der Waals surface area contributed by atoms with Crippen molar-refractivity contribution in [2.45, 2.75) is 23.5 Å². The van der Waals surface area contributed by atoms with E-state index in [1.165, 1.54) is 24.3 Å². The summed E-state index contributed by atoms with van der Waals surface area (Å²) < 4.78 is 18.0. The molecule has 0 radical (unpaired) electrons. The zero-order valence-corrected chi connectivity index (χ0v) is 15.7. The molecule has 0 saturated heterocycles. The molecule has 2 aromatic rings. The Hall–Kier alpha value is -2.60. The van der Waals surface area contributed by atoms with E-state index in [0.717, 1.165) is 17.0 Å². The quantitative estimate of drug-likeness (QED) is 0.582. The molecule has 1 aliphatic heterocycles. The largest absolute Gasteiger partial charge is 0.452 e. The first-order chi connectivity index (χ1) is 13.0. The summed E-state index contributed by atoms with van der Waals surface area (Å²) in [6.45, 7) is 2.41. The van der Waals surface area contributed by atoms with Crippen molar-refractivity contribution in [3.8, 4) is 0 Å². The molecule has 1 atom stereocenters. The first kappa shape index (κ1) is 19.2. The van der Waals surface area contributed by atoms with Crippen LogP contribution in [0.1, 0.15) is 18.9 Å². The van der Waals surface area contributed by atoms with Gasteiger partial charge in [0.05, 0.1) is 5.69 Å². The van der Waals surface area contributed by atoms with Crippen LogP contribution in [0.5, 0.6) is 0 Å². The maximum atomic E-state index is 12.9. The molecule has 2 aromatic carbocycles. The Morgan fingerprint density at radius 3 is 2.74 bits per heavy atom. The fraction of sp³-hybridized carbons (Fsp3) is 0.238. The SMILES string of the molecule is C[C@H]1CCN(C(=O)COC(=O)/C=C/c2ccc(F)cc2)c2ccccc2S1. The Bertz CT molecular complexity index is 851. The van der Waals surface area contributed by atoms with Crippen LogP contribution in [0, 0.1) is 5.82 Å². The fourth-order valence-corrected chi connectivity index (χ4v) is 3.86. The average molecular weight is 385 g/mol. The van der Waals surface area contributed by atoms with Crippen molar-refractivity contribution in [1.29, 1.82) is 0 Å². The lowest BCUT2D eigenvalue weighted by Gasteiger charge is -2.22. The highest BCUT2D eigenvalue weighted by Crippen LogP contribution is 2.37. The predicted molar refractivity (Wildman–Crippen MR) is 105 cm³/mol. The van der Waals surface area contributed by atoms with Gasteiger partial charge >= 0.3 is 5.97 Å². The van der Waals surface area contributed by atoms with Crippen LogP contribution in [0.3, 0.4) is 0 Å². The van der Waals surface area contributed by atoms with Crippen molar-refractivity contribution in [3.05, 3.63) is 66.0 Å². The highest BCUT2D eigenvalue weighted by atomic mass is 32.2. The minimum absolute atomic E-state index is 0.249. The van der Waals surface area contributed by atoms with Crippen LogP contribution >= 0.6 is 11.8 Å². The molecular weight excluding hydrogens is 365 g/mol. The van der Waals surface area contributed by atoms with Crippen LogP contribution < -0.4 is 4.90 Å². The lowest BCUT2D eigenvalue weighted by atomic mass is 10.2. The predicted octanol–water partition coefficient (Wildman–Crippen LogP) is 4.30. The van der Waals surface area contributed by atoms with E-state index < -0.39 is 5.97 Å². The number of halogens is 1. The van der Waals surface area contributed by atoms with E-state index in [2.05, 4.69) is 6.92 Å². The number of carbonyl (C=O) groups is 2. The topological polar surface area (TPSA) is 46.6 Å². The highest BCUT2D eigenvalue weighted by Gasteiger charge is 2.24. The van der Waals surface area contributed by atoms with Gasteiger partial charge in [0, 0.05) is 22.8 Å². The van der Waals surface area contributed by atoms with Crippen LogP contribution in [0.2, 0.25) is 0 Å². The zero-order valence-electron chi connectivity index (χ0n) is 14.9. The molecule has 0 N–H and O–H groups in total. The molecule has 0 spiro atoms. The Labute approximate surface area is 162 Å². The summed E-state index contributed by atoms with van der Waals surface area (Å²) in [5.41, 5.74) is 1.53. The van der Waals surface area contributed by atoms with E-state index in [0.29, 0.717) is 17.4 Å². The number of ether oxygens (including phenoxy) is 1. The summed E-state index contributed by atoms with van der Waals surface area (Å²) in [7, 11) is 0. The van der Waals surface area contributed by atoms with Crippen LogP contribution in [-0.2, 0) is 14.3 Å². The third kappa shape index (κ3) is 5.20. The van der Waals surface area contributed by atoms with E-state index in [9.17, 15) is 14.0 Å². The van der Waals surface area contributed by atoms with Crippen LogP contribution in [0.15, 0.2) is 59.5 Å². The maximum Gasteiger partial charge on any atom is 0.331 e. The molecule has 0 unspecified atom stereocenters. The van der Waals surface area contributed by atoms with E-state index >= 15 is 0 Å². The summed E-state index contributed by atoms with van der Waals surface area (Å²) in [5, 5.41) is 0.408. The smallest absolute Gasteiger partial charge is 0.331 e. The van der Waals surface area contributed by atoms with Gasteiger partial charge < -0.3 is 9.64 Å². The van der Waals surface area contributed by atoms with E-state index in [-0.39, 0.29) is 18.3 Å². The molecular formula is C21H20FNO3S. The van der Waals surface area contributed by atoms with Crippen molar-refractivity contribution in [2.75, 3.05) is 18.1 Å². The number of rotatable bonds is 4. The summed E-state index contributed by atoms with van der Waals surface area (Å²) >= 11 is 1.75. The number of carbonyl (C=O) groups excluding carboxylic acids is 2. The van der Waals surface area contributed by atoms with Gasteiger partial charge in [-0.25, -0.2) is 9.18 Å². The molecule has 0 saturated carbocycles. The Kier molecular flexibility index (Phi) is 6.29. The Balaban J connectivity index is 1.60. The maximum absolute atomic E-state index is 12.9. The third-order valence-corrected chi connectivity index (χ3v) is 5.40. The van der Waals surface area contributed by atoms with Gasteiger partial charge in [0.1, 0.15) is 5.82 Å². The lowest BCUT2D eigenvalue weighted by molar-refractivity contribution is -0.142. The minimum atomic E-state index is -0.612. The number of para-hydroxylation sites is 1. The van der Waals surface area contributed by atoms with Crippen LogP contribution in [0.25, 0.3) is 6.08 Å². The Morgan fingerprint density at radius 1 is 1.22 bits per heavy atom. The summed E-state index contributed by atoms with van der Waals surface area (Å²) in [6.07, 6.45) is 3.62. The van der Waals surface area contributed by atoms with Gasteiger partial charge in [-0.15, -0.1) is 11.8 Å². The molecule has 140 valence electrons. The molecule has 1 amide bonds. The second-order valence-electron chi connectivity index (χ2n) is 6.22. The first-order valence-corrected chi connectivity index (χ1v) is 9.57. The number of hydrogen-bond acceptors (Lipinski definition) is 4. The molecule has 1 aliphatic rings. The molecule has 6 heteroatoms. The summed E-state index contributed by atoms with van der Waals surface area (Å²) in [6, 6.07) is 13.5. The number of thioether (sulfide) groups is 1. The fourth-order valence-electron chi connectivity index (χ4n) is 2.74. The first-order valence-electron chi connectivity index (χ1n) is 8.69. The van der Waals surface area contributed by atoms with Crippen molar-refractivity contribution in [2.24, 2.45) is 0 Å². The average Bonchev–Trinajstić information content (AvgIpc) is 2.84. The normalized spacial score (nSPS) is 16.7. The minimum Gasteiger partial charge on any atom is -0.452 e. The second kappa shape index (κ2) is 8.86. The molecule has 1 heterocycles. The number of amides is 1. The standard InChI is InChI=1S/C21H20FNO3S/c1-15-12-13-23(18-4-2-3-5-19(18)27-15)20(24)14-26-21(25)11-8-16-6-9-17(22)10-7-16/h2-11,15H,12-14H2,1H3/b11-8+/t15-/m0/s1. The zero-order chi connectivity index (χ0) is 19.2. The molecule has 0 aliphatic carbocycles. The highest BCUT2D eigenvalue weighted by molar-refractivity contribution is 8.00. The molecule has 3 rings (SSSR count). The van der Waals surface area contributed by atoms with Crippen molar-refractivity contribution in [3.63, 3.8) is 0 Å². The summed E-state index contributed by atoms with van der Waals surface area (Å²) in [5.74, 6) is -1.20. The monoisotopic (exact) mass is 385 g/mol. The van der Waals surface area contributed by atoms with Gasteiger partial charge in [-0.3, -0.25) is 4.79 Å². The summed E-state index contributed by atoms with van der Waals surface area (Å²) in [4.78, 5) is 27.2. The second-order valence-corrected chi connectivity index (χ2v) is 7.70. The van der Waals surface area contributed by atoms with E-state index in [4.69, 9.17) is 4.74 Å². The molecule has 27 heavy (non-hydrogen) atoms. The van der Waals surface area contributed by atoms with Crippen molar-refractivity contribution >= 4 is 35.4 Å². The number of benzene rings is 2. The molecule has 0 aromatic heterocycles. The number of nitrogens with zero attached hydrogens (tertiary/aromatic N) is 1. The number of esters is 1. The molecule has 0 bridgehead atoms. The van der Waals surface area contributed by atoms with Crippen LogP contribution in [0.4, 0.5) is 10.1 Å². The third-order valence-electron chi connectivity index (χ3n) is 4.16. The van der Waals surface area contributed by atoms with Crippen LogP contribution in [-0.4, -0.2) is 30.3 Å². The van der Waals surface area contributed by atoms with Gasteiger partial charge in [0.15, 0.2) is 6.61 Å². The molecule has 0 fully saturated rings. The lowest BCUT2D eigenvalue weighted by Crippen LogP contribution is -2.35. The van der Waals surface area contributed by atoms with Gasteiger partial charge in [-0.05, 0) is 42.3 Å². The number of anilines is 1. The van der Waals surface area contributed by atoms with Gasteiger partial charge in [0.25, 0.3) is 5.91 Å². The number of hydrogen-bond donors (Lipinski definition) is 0. The van der Waals surface area contributed by atoms with Crippen molar-refractivity contribution in [1.82, 2.24) is 0 Å².